The van der Waals surface area contributed by atoms with Gasteiger partial charge in [-0.25, -0.2) is 0 Å². The van der Waals surface area contributed by atoms with Crippen LogP contribution in [-0.2, 0) is 9.53 Å². The van der Waals surface area contributed by atoms with Gasteiger partial charge in [0.1, 0.15) is 12.0 Å². The van der Waals surface area contributed by atoms with Gasteiger partial charge in [-0.3, -0.25) is 4.79 Å². The maximum Gasteiger partial charge on any atom is 0.316 e. The maximum atomic E-state index is 11.9. The Bertz CT molecular complexity index is 493. The normalized spacial score (nSPS) is 13.9. The van der Waals surface area contributed by atoms with Crippen LogP contribution in [0.4, 0.5) is 0 Å². The van der Waals surface area contributed by atoms with Gasteiger partial charge < -0.3 is 9.84 Å². The van der Waals surface area contributed by atoms with Crippen molar-refractivity contribution in [2.45, 2.75) is 12.0 Å². The Balaban J connectivity index is 2.35. The van der Waals surface area contributed by atoms with E-state index >= 15 is 0 Å². The topological polar surface area (TPSA) is 46.5 Å². The zero-order chi connectivity index (χ0) is 13.0. The van der Waals surface area contributed by atoms with Gasteiger partial charge in [-0.1, -0.05) is 36.4 Å². The molecule has 0 bridgehead atoms. The molecule has 0 fully saturated rings. The summed E-state index contributed by atoms with van der Waals surface area (Å²) < 4.78 is 4.79. The molecule has 0 saturated carbocycles. The number of esters is 1. The van der Waals surface area contributed by atoms with E-state index in [9.17, 15) is 9.90 Å². The predicted molar refractivity (Wildman–Crippen MR) is 70.5 cm³/mol. The molecular formula is C14H14O3S. The average Bonchev–Trinajstić information content (AvgIpc) is 2.94. The SMILES string of the molecule is COC(=O)[C@@H](c1ccccc1)[C@@H](O)c1cccs1. The lowest BCUT2D eigenvalue weighted by atomic mass is 9.92. The quantitative estimate of drug-likeness (QED) is 0.862. The summed E-state index contributed by atoms with van der Waals surface area (Å²) in [7, 11) is 1.33. The Morgan fingerprint density at radius 1 is 1.22 bits per heavy atom. The molecule has 0 radical (unpaired) electrons. The Hall–Kier alpha value is -1.65. The number of thiophene rings is 1. The molecule has 2 aromatic rings. The maximum absolute atomic E-state index is 11.9. The number of benzene rings is 1. The number of hydrogen-bond donors (Lipinski definition) is 1. The molecule has 2 atom stereocenters. The fourth-order valence-corrected chi connectivity index (χ4v) is 2.61. The van der Waals surface area contributed by atoms with Crippen molar-refractivity contribution in [2.75, 3.05) is 7.11 Å². The second-order valence-corrected chi connectivity index (χ2v) is 4.85. The minimum absolute atomic E-state index is 0.429. The Morgan fingerprint density at radius 3 is 2.50 bits per heavy atom. The number of methoxy groups -OCH3 is 1. The second-order valence-electron chi connectivity index (χ2n) is 3.87. The van der Waals surface area contributed by atoms with E-state index in [0.29, 0.717) is 0 Å². The van der Waals surface area contributed by atoms with E-state index in [1.54, 1.807) is 0 Å². The van der Waals surface area contributed by atoms with Crippen molar-refractivity contribution in [1.29, 1.82) is 0 Å². The van der Waals surface area contributed by atoms with Crippen molar-refractivity contribution in [2.24, 2.45) is 0 Å². The van der Waals surface area contributed by atoms with E-state index in [0.717, 1.165) is 10.4 Å². The van der Waals surface area contributed by atoms with Gasteiger partial charge in [0.25, 0.3) is 0 Å². The Morgan fingerprint density at radius 2 is 1.94 bits per heavy atom. The van der Waals surface area contributed by atoms with Crippen molar-refractivity contribution in [3.05, 3.63) is 58.3 Å². The molecule has 1 N–H and O–H groups in total. The molecule has 2 rings (SSSR count). The first-order chi connectivity index (χ1) is 8.74. The number of carbonyl (C=O) groups excluding carboxylic acids is 1. The minimum Gasteiger partial charge on any atom is -0.468 e. The van der Waals surface area contributed by atoms with Gasteiger partial charge in [-0.15, -0.1) is 11.3 Å². The summed E-state index contributed by atoms with van der Waals surface area (Å²) >= 11 is 1.42. The van der Waals surface area contributed by atoms with Gasteiger partial charge in [0.05, 0.1) is 7.11 Å². The third kappa shape index (κ3) is 2.60. The molecule has 0 amide bonds. The molecule has 0 unspecified atom stereocenters. The van der Waals surface area contributed by atoms with E-state index < -0.39 is 18.0 Å². The summed E-state index contributed by atoms with van der Waals surface area (Å²) in [6.07, 6.45) is -0.875. The van der Waals surface area contributed by atoms with Gasteiger partial charge in [-0.2, -0.15) is 0 Å². The standard InChI is InChI=1S/C14H14O3S/c1-17-14(16)12(10-6-3-2-4-7-10)13(15)11-8-5-9-18-11/h2-9,12-13,15H,1H3/t12-,13-/m0/s1. The van der Waals surface area contributed by atoms with Gasteiger partial charge >= 0.3 is 5.97 Å². The Kier molecular flexibility index (Phi) is 4.12. The molecule has 18 heavy (non-hydrogen) atoms. The number of carbonyl (C=O) groups is 1. The van der Waals surface area contributed by atoms with Crippen molar-refractivity contribution in [3.8, 4) is 0 Å². The lowest BCUT2D eigenvalue weighted by Gasteiger charge is -2.20. The smallest absolute Gasteiger partial charge is 0.316 e. The van der Waals surface area contributed by atoms with Crippen molar-refractivity contribution in [1.82, 2.24) is 0 Å². The van der Waals surface area contributed by atoms with Crippen LogP contribution in [0.3, 0.4) is 0 Å². The van der Waals surface area contributed by atoms with Crippen LogP contribution < -0.4 is 0 Å². The van der Waals surface area contributed by atoms with Crippen molar-refractivity contribution in [3.63, 3.8) is 0 Å². The van der Waals surface area contributed by atoms with Gasteiger partial charge in [-0.05, 0) is 17.0 Å². The first kappa shape index (κ1) is 12.8. The molecular weight excluding hydrogens is 248 g/mol. The summed E-state index contributed by atoms with van der Waals surface area (Å²) in [6, 6.07) is 12.8. The largest absolute Gasteiger partial charge is 0.468 e. The fourth-order valence-electron chi connectivity index (χ4n) is 1.86. The van der Waals surface area contributed by atoms with Crippen LogP contribution in [0.5, 0.6) is 0 Å². The highest BCUT2D eigenvalue weighted by molar-refractivity contribution is 7.10. The molecule has 3 nitrogen and oxygen atoms in total. The molecule has 0 saturated heterocycles. The monoisotopic (exact) mass is 262 g/mol. The van der Waals surface area contributed by atoms with Crippen LogP contribution in [0.2, 0.25) is 0 Å². The molecule has 0 aliphatic heterocycles. The number of aliphatic hydroxyl groups is 1. The van der Waals surface area contributed by atoms with E-state index in [4.69, 9.17) is 4.74 Å². The van der Waals surface area contributed by atoms with Crippen LogP contribution in [0, 0.1) is 0 Å². The number of ether oxygens (including phenoxy) is 1. The third-order valence-electron chi connectivity index (χ3n) is 2.76. The molecule has 4 heteroatoms. The molecule has 1 aromatic heterocycles. The number of hydrogen-bond acceptors (Lipinski definition) is 4. The van der Waals surface area contributed by atoms with Crippen LogP contribution >= 0.6 is 11.3 Å². The molecule has 0 aliphatic rings. The van der Waals surface area contributed by atoms with E-state index in [-0.39, 0.29) is 0 Å². The number of rotatable bonds is 4. The van der Waals surface area contributed by atoms with Gasteiger partial charge in [0, 0.05) is 4.88 Å². The Labute approximate surface area is 110 Å². The summed E-state index contributed by atoms with van der Waals surface area (Å²) in [4.78, 5) is 12.6. The molecule has 0 spiro atoms. The van der Waals surface area contributed by atoms with Crippen LogP contribution in [-0.4, -0.2) is 18.2 Å². The van der Waals surface area contributed by atoms with E-state index in [2.05, 4.69) is 0 Å². The third-order valence-corrected chi connectivity index (χ3v) is 3.71. The summed E-state index contributed by atoms with van der Waals surface area (Å²) in [5.74, 6) is -1.11. The molecule has 94 valence electrons. The highest BCUT2D eigenvalue weighted by atomic mass is 32.1. The minimum atomic E-state index is -0.875. The van der Waals surface area contributed by atoms with Crippen LogP contribution in [0.15, 0.2) is 47.8 Å². The van der Waals surface area contributed by atoms with Gasteiger partial charge in [0.15, 0.2) is 0 Å². The van der Waals surface area contributed by atoms with Crippen molar-refractivity contribution < 1.29 is 14.6 Å². The lowest BCUT2D eigenvalue weighted by molar-refractivity contribution is -0.145. The molecule has 1 heterocycles. The number of aliphatic hydroxyl groups excluding tert-OH is 1. The van der Waals surface area contributed by atoms with Crippen LogP contribution in [0.25, 0.3) is 0 Å². The highest BCUT2D eigenvalue weighted by Gasteiger charge is 2.31. The van der Waals surface area contributed by atoms with E-state index in [1.165, 1.54) is 18.4 Å². The second kappa shape index (κ2) is 5.80. The van der Waals surface area contributed by atoms with Crippen molar-refractivity contribution >= 4 is 17.3 Å². The predicted octanol–water partition coefficient (Wildman–Crippen LogP) is 2.74. The molecule has 1 aromatic carbocycles. The van der Waals surface area contributed by atoms with E-state index in [1.807, 2.05) is 47.8 Å². The van der Waals surface area contributed by atoms with Crippen LogP contribution in [0.1, 0.15) is 22.5 Å². The first-order valence-corrected chi connectivity index (χ1v) is 6.46. The summed E-state index contributed by atoms with van der Waals surface area (Å²) in [6.45, 7) is 0. The highest BCUT2D eigenvalue weighted by Crippen LogP contribution is 2.34. The van der Waals surface area contributed by atoms with Gasteiger partial charge in [0.2, 0.25) is 0 Å². The zero-order valence-electron chi connectivity index (χ0n) is 9.95. The molecule has 0 aliphatic carbocycles. The summed E-state index contributed by atoms with van der Waals surface area (Å²) in [5.41, 5.74) is 0.755. The first-order valence-electron chi connectivity index (χ1n) is 5.58. The average molecular weight is 262 g/mol. The summed E-state index contributed by atoms with van der Waals surface area (Å²) in [5, 5.41) is 12.2. The lowest BCUT2D eigenvalue weighted by Crippen LogP contribution is -2.21. The fraction of sp³-hybridized carbons (Fsp3) is 0.214. The zero-order valence-corrected chi connectivity index (χ0v) is 10.8.